The third kappa shape index (κ3) is 2.47. The molecule has 3 heterocycles. The third-order valence-corrected chi connectivity index (χ3v) is 4.29. The predicted octanol–water partition coefficient (Wildman–Crippen LogP) is 2.43. The molecule has 0 aliphatic carbocycles. The molecule has 3 nitrogen and oxygen atoms in total. The van der Waals surface area contributed by atoms with E-state index in [1.807, 2.05) is 0 Å². The first kappa shape index (κ1) is 12.5. The summed E-state index contributed by atoms with van der Waals surface area (Å²) < 4.78 is 2.30. The van der Waals surface area contributed by atoms with Gasteiger partial charge in [0.1, 0.15) is 5.82 Å². The van der Waals surface area contributed by atoms with Crippen molar-refractivity contribution in [2.24, 2.45) is 5.92 Å². The van der Waals surface area contributed by atoms with Crippen LogP contribution in [0.25, 0.3) is 5.82 Å². The van der Waals surface area contributed by atoms with Crippen molar-refractivity contribution in [3.8, 4) is 0 Å². The summed E-state index contributed by atoms with van der Waals surface area (Å²) in [6.45, 7) is 6.62. The van der Waals surface area contributed by atoms with Gasteiger partial charge in [-0.05, 0) is 63.9 Å². The molecule has 19 heavy (non-hydrogen) atoms. The van der Waals surface area contributed by atoms with E-state index in [4.69, 9.17) is 0 Å². The van der Waals surface area contributed by atoms with E-state index >= 15 is 0 Å². The first-order chi connectivity index (χ1) is 9.25. The van der Waals surface area contributed by atoms with Crippen molar-refractivity contribution in [2.45, 2.75) is 32.7 Å². The van der Waals surface area contributed by atoms with Gasteiger partial charge in [0.15, 0.2) is 0 Å². The summed E-state index contributed by atoms with van der Waals surface area (Å²) in [6.07, 6.45) is 9.22. The van der Waals surface area contributed by atoms with Crippen LogP contribution in [0.2, 0.25) is 0 Å². The van der Waals surface area contributed by atoms with E-state index in [2.05, 4.69) is 59.4 Å². The number of piperidine rings is 1. The maximum atomic E-state index is 3.72. The van der Waals surface area contributed by atoms with Gasteiger partial charge in [-0.1, -0.05) is 12.2 Å². The molecule has 1 aromatic heterocycles. The summed E-state index contributed by atoms with van der Waals surface area (Å²) >= 11 is 0. The Hall–Kier alpha value is -1.48. The molecule has 3 rings (SSSR count). The predicted molar refractivity (Wildman–Crippen MR) is 79.8 cm³/mol. The number of aromatic nitrogens is 1. The second-order valence-corrected chi connectivity index (χ2v) is 5.65. The molecule has 1 saturated heterocycles. The Morgan fingerprint density at radius 2 is 1.79 bits per heavy atom. The van der Waals surface area contributed by atoms with Gasteiger partial charge in [0.2, 0.25) is 0 Å². The maximum Gasteiger partial charge on any atom is 0.110 e. The lowest BCUT2D eigenvalue weighted by Gasteiger charge is -2.33. The molecule has 1 unspecified atom stereocenters. The Morgan fingerprint density at radius 1 is 1.11 bits per heavy atom. The normalized spacial score (nSPS) is 24.1. The average Bonchev–Trinajstić information content (AvgIpc) is 2.79. The number of dihydropyridines is 1. The Labute approximate surface area is 115 Å². The number of nitrogens with one attached hydrogen (secondary N) is 2. The smallest absolute Gasteiger partial charge is 0.110 e. The van der Waals surface area contributed by atoms with Crippen LogP contribution in [0.1, 0.15) is 24.2 Å². The lowest BCUT2D eigenvalue weighted by Crippen LogP contribution is -2.41. The molecular weight excluding hydrogens is 234 g/mol. The zero-order valence-electron chi connectivity index (χ0n) is 11.8. The van der Waals surface area contributed by atoms with Crippen LogP contribution in [0, 0.1) is 19.8 Å². The van der Waals surface area contributed by atoms with Crippen LogP contribution >= 0.6 is 0 Å². The van der Waals surface area contributed by atoms with Crippen molar-refractivity contribution in [2.75, 3.05) is 13.1 Å². The molecule has 0 spiro atoms. The summed E-state index contributed by atoms with van der Waals surface area (Å²) in [5.74, 6) is 1.96. The Bertz CT molecular complexity index is 485. The van der Waals surface area contributed by atoms with E-state index in [1.54, 1.807) is 0 Å². The van der Waals surface area contributed by atoms with Gasteiger partial charge >= 0.3 is 0 Å². The molecule has 0 saturated carbocycles. The van der Waals surface area contributed by atoms with Crippen molar-refractivity contribution in [1.29, 1.82) is 0 Å². The van der Waals surface area contributed by atoms with Gasteiger partial charge in [-0.3, -0.25) is 0 Å². The molecule has 2 aliphatic rings. The number of aryl methyl sites for hydroxylation is 2. The first-order valence-electron chi connectivity index (χ1n) is 7.27. The third-order valence-electron chi connectivity index (χ3n) is 4.29. The summed E-state index contributed by atoms with van der Waals surface area (Å²) in [5, 5.41) is 7.16. The minimum atomic E-state index is 0.475. The molecule has 2 aliphatic heterocycles. The number of hydrogen-bond acceptors (Lipinski definition) is 2. The quantitative estimate of drug-likeness (QED) is 0.852. The number of nitrogens with zero attached hydrogens (tertiary/aromatic N) is 1. The van der Waals surface area contributed by atoms with Crippen molar-refractivity contribution in [3.63, 3.8) is 0 Å². The van der Waals surface area contributed by atoms with Gasteiger partial charge in [0.05, 0.1) is 0 Å². The monoisotopic (exact) mass is 257 g/mol. The van der Waals surface area contributed by atoms with Crippen LogP contribution in [-0.4, -0.2) is 23.7 Å². The van der Waals surface area contributed by atoms with E-state index < -0.39 is 0 Å². The zero-order chi connectivity index (χ0) is 13.2. The van der Waals surface area contributed by atoms with Crippen molar-refractivity contribution in [1.82, 2.24) is 15.2 Å². The van der Waals surface area contributed by atoms with Crippen LogP contribution in [0.4, 0.5) is 0 Å². The molecule has 2 N–H and O–H groups in total. The second-order valence-electron chi connectivity index (χ2n) is 5.65. The van der Waals surface area contributed by atoms with E-state index in [-0.39, 0.29) is 0 Å². The highest BCUT2D eigenvalue weighted by molar-refractivity contribution is 5.52. The Balaban J connectivity index is 1.78. The molecule has 102 valence electrons. The standard InChI is InChI=1S/C16H23N3/c1-12-6-7-13(2)19(12)16-5-3-4-15(18-16)14-8-10-17-11-9-14/h3-7,14-15,17-18H,8-11H2,1-2H3. The SMILES string of the molecule is Cc1ccc(C)n1C1=CC=CC(C2CCNCC2)N1. The minimum Gasteiger partial charge on any atom is -0.365 e. The molecule has 0 aromatic carbocycles. The number of allylic oxidation sites excluding steroid dienone is 2. The molecule has 3 heteroatoms. The summed E-state index contributed by atoms with van der Waals surface area (Å²) in [4.78, 5) is 0. The molecule has 0 bridgehead atoms. The highest BCUT2D eigenvalue weighted by atomic mass is 15.2. The van der Waals surface area contributed by atoms with Crippen molar-refractivity contribution in [3.05, 3.63) is 41.7 Å². The van der Waals surface area contributed by atoms with Gasteiger partial charge < -0.3 is 15.2 Å². The fraction of sp³-hybridized carbons (Fsp3) is 0.500. The molecule has 0 amide bonds. The summed E-state index contributed by atoms with van der Waals surface area (Å²) in [7, 11) is 0. The minimum absolute atomic E-state index is 0.475. The largest absolute Gasteiger partial charge is 0.365 e. The number of hydrogen-bond donors (Lipinski definition) is 2. The van der Waals surface area contributed by atoms with Crippen LogP contribution in [-0.2, 0) is 0 Å². The summed E-state index contributed by atoms with van der Waals surface area (Å²) in [6, 6.07) is 4.83. The van der Waals surface area contributed by atoms with Crippen LogP contribution in [0.5, 0.6) is 0 Å². The van der Waals surface area contributed by atoms with E-state index in [1.165, 1.54) is 30.1 Å². The highest BCUT2D eigenvalue weighted by Gasteiger charge is 2.24. The maximum absolute atomic E-state index is 3.72. The summed E-state index contributed by atoms with van der Waals surface area (Å²) in [5.41, 5.74) is 2.58. The van der Waals surface area contributed by atoms with Crippen LogP contribution in [0.3, 0.4) is 0 Å². The molecular formula is C16H23N3. The van der Waals surface area contributed by atoms with Crippen LogP contribution in [0.15, 0.2) is 30.4 Å². The lowest BCUT2D eigenvalue weighted by atomic mass is 9.89. The van der Waals surface area contributed by atoms with Gasteiger partial charge in [0.25, 0.3) is 0 Å². The lowest BCUT2D eigenvalue weighted by molar-refractivity contribution is 0.327. The zero-order valence-corrected chi connectivity index (χ0v) is 11.8. The molecule has 1 atom stereocenters. The van der Waals surface area contributed by atoms with E-state index in [9.17, 15) is 0 Å². The number of rotatable bonds is 2. The van der Waals surface area contributed by atoms with Gasteiger partial charge in [0, 0.05) is 17.4 Å². The van der Waals surface area contributed by atoms with Crippen LogP contribution < -0.4 is 10.6 Å². The highest BCUT2D eigenvalue weighted by Crippen LogP contribution is 2.23. The fourth-order valence-corrected chi connectivity index (χ4v) is 3.20. The van der Waals surface area contributed by atoms with Crippen molar-refractivity contribution < 1.29 is 0 Å². The molecule has 1 fully saturated rings. The Morgan fingerprint density at radius 3 is 2.47 bits per heavy atom. The van der Waals surface area contributed by atoms with Crippen molar-refractivity contribution >= 4 is 5.82 Å². The topological polar surface area (TPSA) is 29.0 Å². The first-order valence-corrected chi connectivity index (χ1v) is 7.27. The van der Waals surface area contributed by atoms with Gasteiger partial charge in [-0.2, -0.15) is 0 Å². The Kier molecular flexibility index (Phi) is 3.47. The van der Waals surface area contributed by atoms with Gasteiger partial charge in [-0.15, -0.1) is 0 Å². The van der Waals surface area contributed by atoms with E-state index in [0.29, 0.717) is 6.04 Å². The fourth-order valence-electron chi connectivity index (χ4n) is 3.20. The molecule has 0 radical (unpaired) electrons. The van der Waals surface area contributed by atoms with Gasteiger partial charge in [-0.25, -0.2) is 0 Å². The second kappa shape index (κ2) is 5.25. The average molecular weight is 257 g/mol. The van der Waals surface area contributed by atoms with E-state index in [0.717, 1.165) is 19.0 Å². The molecule has 1 aromatic rings.